The number of hydrogen-bond donors (Lipinski definition) is 2. The third-order valence-corrected chi connectivity index (χ3v) is 4.17. The van der Waals surface area contributed by atoms with Gasteiger partial charge in [-0.15, -0.1) is 0 Å². The van der Waals surface area contributed by atoms with E-state index in [1.807, 2.05) is 37.3 Å². The highest BCUT2D eigenvalue weighted by atomic mass is 16.5. The van der Waals surface area contributed by atoms with E-state index in [1.54, 1.807) is 44.7 Å². The minimum Gasteiger partial charge on any atom is -0.493 e. The molecule has 1 atom stereocenters. The molecule has 3 rings (SSSR count). The van der Waals surface area contributed by atoms with Gasteiger partial charge >= 0.3 is 0 Å². The molecule has 7 heteroatoms. The molecule has 28 heavy (non-hydrogen) atoms. The van der Waals surface area contributed by atoms with E-state index < -0.39 is 0 Å². The van der Waals surface area contributed by atoms with E-state index in [2.05, 4.69) is 20.6 Å². The maximum atomic E-state index is 12.6. The molecule has 0 spiro atoms. The summed E-state index contributed by atoms with van der Waals surface area (Å²) in [5, 5.41) is 6.02. The number of hydrogen-bond acceptors (Lipinski definition) is 6. The SMILES string of the molecule is COc1ccc(NC(=O)c2ccnc(NC(C)c3ccccc3)n2)cc1OC. The normalized spacial score (nSPS) is 11.4. The van der Waals surface area contributed by atoms with Crippen LogP contribution in [0.25, 0.3) is 0 Å². The number of carbonyl (C=O) groups is 1. The first-order valence-electron chi connectivity index (χ1n) is 8.78. The van der Waals surface area contributed by atoms with Crippen molar-refractivity contribution in [3.05, 3.63) is 72.1 Å². The number of carbonyl (C=O) groups excluding carboxylic acids is 1. The molecule has 2 aromatic carbocycles. The predicted molar refractivity (Wildman–Crippen MR) is 108 cm³/mol. The van der Waals surface area contributed by atoms with Gasteiger partial charge in [0.15, 0.2) is 11.5 Å². The molecule has 0 aliphatic heterocycles. The fourth-order valence-electron chi connectivity index (χ4n) is 2.68. The van der Waals surface area contributed by atoms with Crippen molar-refractivity contribution in [1.82, 2.24) is 9.97 Å². The Labute approximate surface area is 163 Å². The summed E-state index contributed by atoms with van der Waals surface area (Å²) in [5.41, 5.74) is 1.94. The third kappa shape index (κ3) is 4.56. The number of benzene rings is 2. The summed E-state index contributed by atoms with van der Waals surface area (Å²) in [7, 11) is 3.10. The molecule has 0 saturated heterocycles. The lowest BCUT2D eigenvalue weighted by molar-refractivity contribution is 0.102. The van der Waals surface area contributed by atoms with E-state index in [1.165, 1.54) is 0 Å². The standard InChI is InChI=1S/C21H22N4O3/c1-14(15-7-5-4-6-8-15)23-21-22-12-11-17(25-21)20(26)24-16-9-10-18(27-2)19(13-16)28-3/h4-14H,1-3H3,(H,24,26)(H,22,23,25). The number of anilines is 2. The van der Waals surface area contributed by atoms with Crippen LogP contribution in [-0.2, 0) is 0 Å². The summed E-state index contributed by atoms with van der Waals surface area (Å²) in [4.78, 5) is 21.1. The van der Waals surface area contributed by atoms with Gasteiger partial charge in [0, 0.05) is 18.0 Å². The van der Waals surface area contributed by atoms with Gasteiger partial charge in [0.25, 0.3) is 5.91 Å². The summed E-state index contributed by atoms with van der Waals surface area (Å²) < 4.78 is 10.5. The van der Waals surface area contributed by atoms with Gasteiger partial charge in [-0.05, 0) is 30.7 Å². The van der Waals surface area contributed by atoms with Crippen LogP contribution in [0.15, 0.2) is 60.8 Å². The van der Waals surface area contributed by atoms with Crippen molar-refractivity contribution in [2.24, 2.45) is 0 Å². The van der Waals surface area contributed by atoms with E-state index in [4.69, 9.17) is 9.47 Å². The van der Waals surface area contributed by atoms with Gasteiger partial charge < -0.3 is 20.1 Å². The molecule has 0 aliphatic carbocycles. The first kappa shape index (κ1) is 19.2. The molecular formula is C21H22N4O3. The van der Waals surface area contributed by atoms with E-state index in [-0.39, 0.29) is 17.6 Å². The fourth-order valence-corrected chi connectivity index (χ4v) is 2.68. The van der Waals surface area contributed by atoms with Crippen molar-refractivity contribution in [2.45, 2.75) is 13.0 Å². The minimum atomic E-state index is -0.343. The van der Waals surface area contributed by atoms with Crippen LogP contribution in [0, 0.1) is 0 Å². The highest BCUT2D eigenvalue weighted by Crippen LogP contribution is 2.29. The average Bonchev–Trinajstić information content (AvgIpc) is 2.74. The monoisotopic (exact) mass is 378 g/mol. The third-order valence-electron chi connectivity index (χ3n) is 4.17. The largest absolute Gasteiger partial charge is 0.493 e. The van der Waals surface area contributed by atoms with Gasteiger partial charge in [-0.25, -0.2) is 9.97 Å². The van der Waals surface area contributed by atoms with Crippen LogP contribution in [0.5, 0.6) is 11.5 Å². The number of ether oxygens (including phenoxy) is 2. The van der Waals surface area contributed by atoms with Crippen LogP contribution >= 0.6 is 0 Å². The van der Waals surface area contributed by atoms with Crippen LogP contribution in [0.1, 0.15) is 29.0 Å². The van der Waals surface area contributed by atoms with Gasteiger partial charge in [0.1, 0.15) is 5.69 Å². The van der Waals surface area contributed by atoms with Crippen LogP contribution < -0.4 is 20.1 Å². The van der Waals surface area contributed by atoms with Crippen LogP contribution in [0.4, 0.5) is 11.6 Å². The van der Waals surface area contributed by atoms with Crippen LogP contribution in [0.2, 0.25) is 0 Å². The summed E-state index contributed by atoms with van der Waals surface area (Å²) in [6, 6.07) is 16.7. The second-order valence-electron chi connectivity index (χ2n) is 6.07. The molecule has 3 aromatic rings. The number of aromatic nitrogens is 2. The Morgan fingerprint density at radius 2 is 1.75 bits per heavy atom. The Hall–Kier alpha value is -3.61. The predicted octanol–water partition coefficient (Wildman–Crippen LogP) is 3.92. The van der Waals surface area contributed by atoms with E-state index in [0.717, 1.165) is 5.56 Å². The Bertz CT molecular complexity index is 947. The fraction of sp³-hybridized carbons (Fsp3) is 0.190. The molecule has 7 nitrogen and oxygen atoms in total. The second-order valence-corrected chi connectivity index (χ2v) is 6.07. The quantitative estimate of drug-likeness (QED) is 0.648. The lowest BCUT2D eigenvalue weighted by Crippen LogP contribution is -2.16. The first-order chi connectivity index (χ1) is 13.6. The molecule has 1 amide bonds. The number of amides is 1. The number of nitrogens with one attached hydrogen (secondary N) is 2. The van der Waals surface area contributed by atoms with Crippen LogP contribution in [-0.4, -0.2) is 30.1 Å². The summed E-state index contributed by atoms with van der Waals surface area (Å²) in [6.45, 7) is 2.01. The van der Waals surface area contributed by atoms with Crippen molar-refractivity contribution >= 4 is 17.5 Å². The molecular weight excluding hydrogens is 356 g/mol. The van der Waals surface area contributed by atoms with Gasteiger partial charge in [-0.1, -0.05) is 30.3 Å². The van der Waals surface area contributed by atoms with Crippen molar-refractivity contribution in [3.8, 4) is 11.5 Å². The highest BCUT2D eigenvalue weighted by molar-refractivity contribution is 6.03. The van der Waals surface area contributed by atoms with Gasteiger partial charge in [-0.2, -0.15) is 0 Å². The van der Waals surface area contributed by atoms with Crippen LogP contribution in [0.3, 0.4) is 0 Å². The first-order valence-corrected chi connectivity index (χ1v) is 8.78. The van der Waals surface area contributed by atoms with Crippen molar-refractivity contribution in [3.63, 3.8) is 0 Å². The summed E-state index contributed by atoms with van der Waals surface area (Å²) in [6.07, 6.45) is 1.55. The minimum absolute atomic E-state index is 0.00496. The lowest BCUT2D eigenvalue weighted by atomic mass is 10.1. The van der Waals surface area contributed by atoms with Crippen molar-refractivity contribution in [2.75, 3.05) is 24.9 Å². The van der Waals surface area contributed by atoms with E-state index in [0.29, 0.717) is 23.1 Å². The molecule has 0 bridgehead atoms. The smallest absolute Gasteiger partial charge is 0.274 e. The molecule has 0 saturated carbocycles. The number of nitrogens with zero attached hydrogens (tertiary/aromatic N) is 2. The Kier molecular flexibility index (Phi) is 6.06. The Morgan fingerprint density at radius 1 is 1.00 bits per heavy atom. The second kappa shape index (κ2) is 8.85. The Morgan fingerprint density at radius 3 is 2.46 bits per heavy atom. The van der Waals surface area contributed by atoms with Gasteiger partial charge in [-0.3, -0.25) is 4.79 Å². The molecule has 0 fully saturated rings. The molecule has 1 heterocycles. The number of methoxy groups -OCH3 is 2. The average molecular weight is 378 g/mol. The molecule has 2 N–H and O–H groups in total. The maximum absolute atomic E-state index is 12.6. The van der Waals surface area contributed by atoms with E-state index in [9.17, 15) is 4.79 Å². The van der Waals surface area contributed by atoms with Crippen molar-refractivity contribution in [1.29, 1.82) is 0 Å². The summed E-state index contributed by atoms with van der Waals surface area (Å²) >= 11 is 0. The number of rotatable bonds is 7. The van der Waals surface area contributed by atoms with E-state index >= 15 is 0 Å². The topological polar surface area (TPSA) is 85.4 Å². The summed E-state index contributed by atoms with van der Waals surface area (Å²) in [5.74, 6) is 1.16. The molecule has 1 aromatic heterocycles. The zero-order valence-corrected chi connectivity index (χ0v) is 16.0. The Balaban J connectivity index is 1.72. The van der Waals surface area contributed by atoms with Gasteiger partial charge in [0.2, 0.25) is 5.95 Å². The highest BCUT2D eigenvalue weighted by Gasteiger charge is 2.13. The van der Waals surface area contributed by atoms with Crippen molar-refractivity contribution < 1.29 is 14.3 Å². The molecule has 0 aliphatic rings. The molecule has 144 valence electrons. The maximum Gasteiger partial charge on any atom is 0.274 e. The molecule has 1 unspecified atom stereocenters. The van der Waals surface area contributed by atoms with Gasteiger partial charge in [0.05, 0.1) is 20.3 Å². The lowest BCUT2D eigenvalue weighted by Gasteiger charge is -2.14. The molecule has 0 radical (unpaired) electrons. The zero-order chi connectivity index (χ0) is 19.9. The zero-order valence-electron chi connectivity index (χ0n) is 16.0.